The van der Waals surface area contributed by atoms with Gasteiger partial charge in [-0.3, -0.25) is 4.98 Å². The van der Waals surface area contributed by atoms with E-state index in [0.717, 1.165) is 19.5 Å². The molecule has 2 rings (SSSR count). The molecule has 0 aliphatic rings. The van der Waals surface area contributed by atoms with Gasteiger partial charge in [-0.1, -0.05) is 6.92 Å². The molecule has 2 aromatic rings. The van der Waals surface area contributed by atoms with Crippen LogP contribution in [0.3, 0.4) is 0 Å². The molecular weight excluding hydrogens is 224 g/mol. The first-order valence-electron chi connectivity index (χ1n) is 6.43. The normalized spacial score (nSPS) is 12.6. The summed E-state index contributed by atoms with van der Waals surface area (Å²) >= 11 is 0. The molecule has 96 valence electrons. The van der Waals surface area contributed by atoms with Crippen molar-refractivity contribution in [3.63, 3.8) is 0 Å². The fourth-order valence-corrected chi connectivity index (χ4v) is 1.97. The second-order valence-corrected chi connectivity index (χ2v) is 4.46. The first-order chi connectivity index (χ1) is 8.81. The maximum absolute atomic E-state index is 4.20. The van der Waals surface area contributed by atoms with Gasteiger partial charge in [-0.15, -0.1) is 0 Å². The number of aromatic nitrogens is 3. The highest BCUT2D eigenvalue weighted by Gasteiger charge is 2.06. The van der Waals surface area contributed by atoms with Gasteiger partial charge in [-0.25, -0.2) is 4.98 Å². The maximum atomic E-state index is 4.20. The second kappa shape index (κ2) is 6.31. The van der Waals surface area contributed by atoms with Crippen molar-refractivity contribution in [1.29, 1.82) is 0 Å². The summed E-state index contributed by atoms with van der Waals surface area (Å²) in [6.07, 6.45) is 8.62. The Hall–Kier alpha value is -1.68. The van der Waals surface area contributed by atoms with Crippen LogP contribution in [0.2, 0.25) is 0 Å². The lowest BCUT2D eigenvalue weighted by molar-refractivity contribution is 0.541. The van der Waals surface area contributed by atoms with Crippen LogP contribution in [0.4, 0.5) is 0 Å². The Morgan fingerprint density at radius 3 is 2.78 bits per heavy atom. The van der Waals surface area contributed by atoms with Crippen molar-refractivity contribution < 1.29 is 0 Å². The van der Waals surface area contributed by atoms with Gasteiger partial charge in [0, 0.05) is 37.7 Å². The molecule has 0 spiro atoms. The van der Waals surface area contributed by atoms with E-state index in [1.165, 1.54) is 11.3 Å². The minimum Gasteiger partial charge on any atom is -0.333 e. The van der Waals surface area contributed by atoms with E-state index < -0.39 is 0 Å². The van der Waals surface area contributed by atoms with E-state index in [-0.39, 0.29) is 0 Å². The number of pyridine rings is 1. The minimum absolute atomic E-state index is 0.318. The zero-order valence-electron chi connectivity index (χ0n) is 11.0. The molecule has 0 amide bonds. The van der Waals surface area contributed by atoms with Crippen LogP contribution in [-0.2, 0) is 13.1 Å². The van der Waals surface area contributed by atoms with E-state index >= 15 is 0 Å². The van der Waals surface area contributed by atoms with E-state index in [9.17, 15) is 0 Å². The van der Waals surface area contributed by atoms with Gasteiger partial charge in [0.15, 0.2) is 0 Å². The largest absolute Gasteiger partial charge is 0.333 e. The third-order valence-electron chi connectivity index (χ3n) is 3.06. The Balaban J connectivity index is 1.93. The molecular formula is C14H20N4. The first kappa shape index (κ1) is 12.8. The third-order valence-corrected chi connectivity index (χ3v) is 3.06. The van der Waals surface area contributed by atoms with Crippen molar-refractivity contribution in [2.45, 2.75) is 39.4 Å². The van der Waals surface area contributed by atoms with E-state index in [4.69, 9.17) is 0 Å². The summed E-state index contributed by atoms with van der Waals surface area (Å²) in [5.41, 5.74) is 2.49. The van der Waals surface area contributed by atoms with Crippen molar-refractivity contribution in [2.75, 3.05) is 0 Å². The van der Waals surface area contributed by atoms with Crippen molar-refractivity contribution >= 4 is 0 Å². The molecule has 2 heterocycles. The first-order valence-corrected chi connectivity index (χ1v) is 6.43. The number of nitrogens with zero attached hydrogens (tertiary/aromatic N) is 3. The smallest absolute Gasteiger partial charge is 0.0948 e. The predicted molar refractivity (Wildman–Crippen MR) is 72.0 cm³/mol. The summed E-state index contributed by atoms with van der Waals surface area (Å²) < 4.78 is 2.20. The minimum atomic E-state index is 0.318. The standard InChI is InChI=1S/C14H20N4/c1-3-8-18-11-16-9-14(18)10-17-12(2)13-4-6-15-7-5-13/h4-7,9,11-12,17H,3,8,10H2,1-2H3/t12-/m0/s1. The van der Waals surface area contributed by atoms with Gasteiger partial charge in [-0.05, 0) is 31.0 Å². The van der Waals surface area contributed by atoms with Gasteiger partial charge >= 0.3 is 0 Å². The van der Waals surface area contributed by atoms with Crippen molar-refractivity contribution in [3.8, 4) is 0 Å². The third kappa shape index (κ3) is 3.17. The van der Waals surface area contributed by atoms with E-state index in [1.54, 1.807) is 0 Å². The summed E-state index contributed by atoms with van der Waals surface area (Å²) in [7, 11) is 0. The number of hydrogen-bond donors (Lipinski definition) is 1. The van der Waals surface area contributed by atoms with Crippen molar-refractivity contribution in [2.24, 2.45) is 0 Å². The highest BCUT2D eigenvalue weighted by atomic mass is 15.1. The summed E-state index contributed by atoms with van der Waals surface area (Å²) in [5, 5.41) is 3.51. The fraction of sp³-hybridized carbons (Fsp3) is 0.429. The average Bonchev–Trinajstić information content (AvgIpc) is 2.85. The molecule has 0 aliphatic carbocycles. The molecule has 0 saturated heterocycles. The molecule has 0 radical (unpaired) electrons. The second-order valence-electron chi connectivity index (χ2n) is 4.46. The van der Waals surface area contributed by atoms with Crippen LogP contribution in [0.5, 0.6) is 0 Å². The molecule has 0 saturated carbocycles. The Kier molecular flexibility index (Phi) is 4.47. The lowest BCUT2D eigenvalue weighted by atomic mass is 10.1. The SMILES string of the molecule is CCCn1cncc1CN[C@@H](C)c1ccncc1. The summed E-state index contributed by atoms with van der Waals surface area (Å²) in [6, 6.07) is 4.40. The molecule has 4 heteroatoms. The van der Waals surface area contributed by atoms with Crippen molar-refractivity contribution in [1.82, 2.24) is 19.9 Å². The quantitative estimate of drug-likeness (QED) is 0.849. The van der Waals surface area contributed by atoms with Gasteiger partial charge in [0.2, 0.25) is 0 Å². The summed E-state index contributed by atoms with van der Waals surface area (Å²) in [5.74, 6) is 0. The van der Waals surface area contributed by atoms with Crippen LogP contribution in [0, 0.1) is 0 Å². The highest BCUT2D eigenvalue weighted by molar-refractivity contribution is 5.14. The van der Waals surface area contributed by atoms with Crippen LogP contribution in [0.25, 0.3) is 0 Å². The van der Waals surface area contributed by atoms with Crippen molar-refractivity contribution in [3.05, 3.63) is 48.3 Å². The van der Waals surface area contributed by atoms with Crippen LogP contribution in [-0.4, -0.2) is 14.5 Å². The number of aryl methyl sites for hydroxylation is 1. The molecule has 2 aromatic heterocycles. The zero-order valence-corrected chi connectivity index (χ0v) is 11.0. The fourth-order valence-electron chi connectivity index (χ4n) is 1.97. The monoisotopic (exact) mass is 244 g/mol. The predicted octanol–water partition coefficient (Wildman–Crippen LogP) is 2.54. The Labute approximate surface area is 108 Å². The lowest BCUT2D eigenvalue weighted by Crippen LogP contribution is -2.20. The molecule has 0 bridgehead atoms. The zero-order chi connectivity index (χ0) is 12.8. The van der Waals surface area contributed by atoms with E-state index in [1.807, 2.05) is 37.1 Å². The Morgan fingerprint density at radius 2 is 2.06 bits per heavy atom. The van der Waals surface area contributed by atoms with Gasteiger partial charge < -0.3 is 9.88 Å². The average molecular weight is 244 g/mol. The molecule has 1 N–H and O–H groups in total. The number of nitrogens with one attached hydrogen (secondary N) is 1. The molecule has 0 aliphatic heterocycles. The number of hydrogen-bond acceptors (Lipinski definition) is 3. The molecule has 0 unspecified atom stereocenters. The molecule has 0 fully saturated rings. The Bertz CT molecular complexity index is 464. The molecule has 1 atom stereocenters. The summed E-state index contributed by atoms with van der Waals surface area (Å²) in [6.45, 7) is 6.21. The van der Waals surface area contributed by atoms with E-state index in [2.05, 4.69) is 33.7 Å². The highest BCUT2D eigenvalue weighted by Crippen LogP contribution is 2.11. The van der Waals surface area contributed by atoms with Crippen LogP contribution in [0.15, 0.2) is 37.1 Å². The molecule has 4 nitrogen and oxygen atoms in total. The Morgan fingerprint density at radius 1 is 1.28 bits per heavy atom. The van der Waals surface area contributed by atoms with Gasteiger partial charge in [-0.2, -0.15) is 0 Å². The van der Waals surface area contributed by atoms with Gasteiger partial charge in [0.25, 0.3) is 0 Å². The van der Waals surface area contributed by atoms with Gasteiger partial charge in [0.1, 0.15) is 0 Å². The number of rotatable bonds is 6. The topological polar surface area (TPSA) is 42.7 Å². The summed E-state index contributed by atoms with van der Waals surface area (Å²) in [4.78, 5) is 8.24. The molecule has 0 aromatic carbocycles. The van der Waals surface area contributed by atoms with E-state index in [0.29, 0.717) is 6.04 Å². The van der Waals surface area contributed by atoms with Gasteiger partial charge in [0.05, 0.1) is 12.0 Å². The number of imidazole rings is 1. The molecule has 18 heavy (non-hydrogen) atoms. The van der Waals surface area contributed by atoms with Crippen LogP contribution < -0.4 is 5.32 Å². The lowest BCUT2D eigenvalue weighted by Gasteiger charge is -2.14. The van der Waals surface area contributed by atoms with Crippen LogP contribution >= 0.6 is 0 Å². The maximum Gasteiger partial charge on any atom is 0.0948 e. The van der Waals surface area contributed by atoms with Crippen LogP contribution in [0.1, 0.15) is 37.6 Å².